The smallest absolute Gasteiger partial charge is 0.238 e. The molecule has 1 radical (unpaired) electrons. The number of benzene rings is 1. The van der Waals surface area contributed by atoms with E-state index in [4.69, 9.17) is 4.74 Å². The predicted octanol–water partition coefficient (Wildman–Crippen LogP) is 2.91. The van der Waals surface area contributed by atoms with Gasteiger partial charge in [0.15, 0.2) is 0 Å². The van der Waals surface area contributed by atoms with Crippen LogP contribution in [0.5, 0.6) is 5.75 Å². The minimum Gasteiger partial charge on any atom is -0.494 e. The number of halogens is 2. The summed E-state index contributed by atoms with van der Waals surface area (Å²) in [5.74, 6) is 0.702. The number of hydrogen-bond acceptors (Lipinski definition) is 1. The van der Waals surface area contributed by atoms with Gasteiger partial charge in [0.25, 0.3) is 0 Å². The molecule has 13 heavy (non-hydrogen) atoms. The molecule has 1 nitrogen and oxygen atoms in total. The van der Waals surface area contributed by atoms with Crippen LogP contribution < -0.4 is 4.74 Å². The lowest BCUT2D eigenvalue weighted by molar-refractivity contribution is 0.127. The van der Waals surface area contributed by atoms with E-state index in [1.165, 1.54) is 0 Å². The van der Waals surface area contributed by atoms with Gasteiger partial charge >= 0.3 is 0 Å². The number of alkyl halides is 2. The van der Waals surface area contributed by atoms with Crippen LogP contribution in [0.4, 0.5) is 8.78 Å². The molecule has 1 rings (SSSR count). The Bertz CT molecular complexity index is 224. The van der Waals surface area contributed by atoms with Crippen molar-refractivity contribution in [1.29, 1.82) is 0 Å². The molecule has 0 atom stereocenters. The summed E-state index contributed by atoms with van der Waals surface area (Å²) in [7, 11) is 0. The largest absolute Gasteiger partial charge is 0.494 e. The zero-order valence-corrected chi connectivity index (χ0v) is 7.17. The molecular formula is C10H11F2O. The van der Waals surface area contributed by atoms with E-state index in [1.807, 2.05) is 0 Å². The molecule has 0 N–H and O–H groups in total. The molecular weight excluding hydrogens is 174 g/mol. The average molecular weight is 185 g/mol. The van der Waals surface area contributed by atoms with E-state index in [-0.39, 0.29) is 6.42 Å². The van der Waals surface area contributed by atoms with Gasteiger partial charge in [0.1, 0.15) is 5.75 Å². The Kier molecular flexibility index (Phi) is 4.23. The molecule has 0 heterocycles. The zero-order valence-electron chi connectivity index (χ0n) is 7.17. The first-order valence-corrected chi connectivity index (χ1v) is 4.16. The highest BCUT2D eigenvalue weighted by Gasteiger charge is 2.01. The highest BCUT2D eigenvalue weighted by molar-refractivity contribution is 5.20. The summed E-state index contributed by atoms with van der Waals surface area (Å²) in [5, 5.41) is 0. The van der Waals surface area contributed by atoms with Gasteiger partial charge in [-0.1, -0.05) is 12.1 Å². The molecule has 0 aliphatic heterocycles. The Morgan fingerprint density at radius 2 is 2.00 bits per heavy atom. The van der Waals surface area contributed by atoms with E-state index in [0.717, 1.165) is 0 Å². The standard InChI is InChI=1S/C10H11F2O/c11-10(12)7-4-8-13-9-5-2-1-3-6-9/h2-3,5-6,10H,4,7-8H2. The van der Waals surface area contributed by atoms with Gasteiger partial charge in [0.2, 0.25) is 6.43 Å². The van der Waals surface area contributed by atoms with E-state index in [1.54, 1.807) is 24.3 Å². The Balaban J connectivity index is 2.13. The summed E-state index contributed by atoms with van der Waals surface area (Å²) in [6.45, 7) is 0.342. The van der Waals surface area contributed by atoms with Crippen LogP contribution in [-0.2, 0) is 0 Å². The molecule has 0 aliphatic carbocycles. The van der Waals surface area contributed by atoms with Crippen LogP contribution in [-0.4, -0.2) is 13.0 Å². The van der Waals surface area contributed by atoms with Crippen molar-refractivity contribution in [2.75, 3.05) is 6.61 Å². The summed E-state index contributed by atoms with van der Waals surface area (Å²) in [6, 6.07) is 9.80. The van der Waals surface area contributed by atoms with E-state index in [2.05, 4.69) is 6.07 Å². The molecule has 0 saturated carbocycles. The summed E-state index contributed by atoms with van der Waals surface area (Å²) in [6.07, 6.45) is -1.94. The SMILES string of the molecule is FC(F)CCCOc1cc[c]cc1. The second-order valence-electron chi connectivity index (χ2n) is 2.62. The van der Waals surface area contributed by atoms with E-state index < -0.39 is 6.43 Å². The maximum atomic E-state index is 11.7. The van der Waals surface area contributed by atoms with Crippen molar-refractivity contribution < 1.29 is 13.5 Å². The van der Waals surface area contributed by atoms with Crippen LogP contribution in [0.3, 0.4) is 0 Å². The summed E-state index contributed by atoms with van der Waals surface area (Å²) >= 11 is 0. The lowest BCUT2D eigenvalue weighted by Gasteiger charge is -2.04. The highest BCUT2D eigenvalue weighted by Crippen LogP contribution is 2.09. The van der Waals surface area contributed by atoms with E-state index in [9.17, 15) is 8.78 Å². The van der Waals surface area contributed by atoms with Crippen LogP contribution >= 0.6 is 0 Å². The quantitative estimate of drug-likeness (QED) is 0.641. The molecule has 3 heteroatoms. The molecule has 0 amide bonds. The summed E-state index contributed by atoms with van der Waals surface area (Å²) in [5.41, 5.74) is 0. The normalized spacial score (nSPS) is 10.4. The molecule has 71 valence electrons. The lowest BCUT2D eigenvalue weighted by atomic mass is 10.3. The fraction of sp³-hybridized carbons (Fsp3) is 0.400. The zero-order chi connectivity index (χ0) is 9.52. The molecule has 1 aromatic rings. The third-order valence-electron chi connectivity index (χ3n) is 1.52. The molecule has 0 fully saturated rings. The van der Waals surface area contributed by atoms with E-state index >= 15 is 0 Å². The maximum absolute atomic E-state index is 11.7. The lowest BCUT2D eigenvalue weighted by Crippen LogP contribution is -2.00. The van der Waals surface area contributed by atoms with Gasteiger partial charge in [-0.15, -0.1) is 0 Å². The Hall–Kier alpha value is -1.12. The first-order valence-electron chi connectivity index (χ1n) is 4.16. The first kappa shape index (κ1) is 9.96. The second kappa shape index (κ2) is 5.51. The maximum Gasteiger partial charge on any atom is 0.238 e. The van der Waals surface area contributed by atoms with Gasteiger partial charge in [-0.2, -0.15) is 0 Å². The Morgan fingerprint density at radius 3 is 2.62 bits per heavy atom. The number of rotatable bonds is 5. The van der Waals surface area contributed by atoms with Gasteiger partial charge in [0, 0.05) is 6.42 Å². The molecule has 0 aromatic heterocycles. The molecule has 0 aliphatic rings. The fourth-order valence-electron chi connectivity index (χ4n) is 0.895. The van der Waals surface area contributed by atoms with Crippen molar-refractivity contribution in [3.05, 3.63) is 30.3 Å². The van der Waals surface area contributed by atoms with Gasteiger partial charge < -0.3 is 4.74 Å². The number of ether oxygens (including phenoxy) is 1. The third-order valence-corrected chi connectivity index (χ3v) is 1.52. The van der Waals surface area contributed by atoms with Crippen LogP contribution in [0.15, 0.2) is 24.3 Å². The van der Waals surface area contributed by atoms with Crippen molar-refractivity contribution in [2.45, 2.75) is 19.3 Å². The van der Waals surface area contributed by atoms with E-state index in [0.29, 0.717) is 18.8 Å². The third kappa shape index (κ3) is 4.45. The van der Waals surface area contributed by atoms with Gasteiger partial charge in [-0.05, 0) is 24.6 Å². The van der Waals surface area contributed by atoms with Crippen molar-refractivity contribution in [1.82, 2.24) is 0 Å². The first-order chi connectivity index (χ1) is 6.29. The average Bonchev–Trinajstić information content (AvgIpc) is 2.14. The van der Waals surface area contributed by atoms with Crippen LogP contribution in [0.25, 0.3) is 0 Å². The van der Waals surface area contributed by atoms with Crippen LogP contribution in [0.1, 0.15) is 12.8 Å². The molecule has 1 aromatic carbocycles. The van der Waals surface area contributed by atoms with Crippen molar-refractivity contribution >= 4 is 0 Å². The van der Waals surface area contributed by atoms with Gasteiger partial charge in [0.05, 0.1) is 6.61 Å². The van der Waals surface area contributed by atoms with Crippen LogP contribution in [0.2, 0.25) is 0 Å². The van der Waals surface area contributed by atoms with Gasteiger partial charge in [-0.3, -0.25) is 0 Å². The summed E-state index contributed by atoms with van der Waals surface area (Å²) in [4.78, 5) is 0. The van der Waals surface area contributed by atoms with Crippen molar-refractivity contribution in [2.24, 2.45) is 0 Å². The predicted molar refractivity (Wildman–Crippen MR) is 46.0 cm³/mol. The highest BCUT2D eigenvalue weighted by atomic mass is 19.3. The Morgan fingerprint density at radius 1 is 1.31 bits per heavy atom. The van der Waals surface area contributed by atoms with Gasteiger partial charge in [-0.25, -0.2) is 8.78 Å². The minimum absolute atomic E-state index is 0.0983. The molecule has 0 bridgehead atoms. The fourth-order valence-corrected chi connectivity index (χ4v) is 0.895. The minimum atomic E-state index is -2.23. The second-order valence-corrected chi connectivity index (χ2v) is 2.62. The monoisotopic (exact) mass is 185 g/mol. The van der Waals surface area contributed by atoms with Crippen molar-refractivity contribution in [3.63, 3.8) is 0 Å². The molecule has 0 saturated heterocycles. The summed E-state index contributed by atoms with van der Waals surface area (Å²) < 4.78 is 28.6. The Labute approximate surface area is 76.3 Å². The topological polar surface area (TPSA) is 9.23 Å². The molecule has 0 spiro atoms. The molecule has 0 unspecified atom stereocenters. The van der Waals surface area contributed by atoms with Crippen molar-refractivity contribution in [3.8, 4) is 5.75 Å². The number of hydrogen-bond donors (Lipinski definition) is 0. The van der Waals surface area contributed by atoms with Crippen LogP contribution in [0, 0.1) is 6.07 Å².